The first kappa shape index (κ1) is 19.8. The van der Waals surface area contributed by atoms with Crippen molar-refractivity contribution in [3.63, 3.8) is 0 Å². The second-order valence-corrected chi connectivity index (χ2v) is 7.85. The summed E-state index contributed by atoms with van der Waals surface area (Å²) in [5, 5.41) is 2.97. The molecule has 0 saturated heterocycles. The average molecular weight is 399 g/mol. The predicted octanol–water partition coefficient (Wildman–Crippen LogP) is 5.05. The minimum Gasteiger partial charge on any atom is -0.322 e. The number of para-hydroxylation sites is 2. The summed E-state index contributed by atoms with van der Waals surface area (Å²) in [4.78, 5) is 32.0. The van der Waals surface area contributed by atoms with Crippen LogP contribution < -0.4 is 10.2 Å². The number of amides is 2. The lowest BCUT2D eigenvalue weighted by Gasteiger charge is -2.29. The van der Waals surface area contributed by atoms with Gasteiger partial charge in [-0.2, -0.15) is 0 Å². The molecule has 0 saturated carbocycles. The zero-order valence-corrected chi connectivity index (χ0v) is 17.3. The molecule has 1 aliphatic rings. The van der Waals surface area contributed by atoms with Crippen LogP contribution in [-0.2, 0) is 6.42 Å². The van der Waals surface area contributed by atoms with Crippen molar-refractivity contribution in [2.75, 3.05) is 16.8 Å². The number of anilines is 2. The van der Waals surface area contributed by atoms with E-state index in [1.54, 1.807) is 11.0 Å². The maximum atomic E-state index is 13.2. The van der Waals surface area contributed by atoms with Crippen molar-refractivity contribution in [2.24, 2.45) is 0 Å². The Kier molecular flexibility index (Phi) is 5.61. The van der Waals surface area contributed by atoms with E-state index in [1.807, 2.05) is 42.5 Å². The van der Waals surface area contributed by atoms with E-state index in [-0.39, 0.29) is 17.7 Å². The summed E-state index contributed by atoms with van der Waals surface area (Å²) in [5.41, 5.74) is 4.73. The Bertz CT molecular complexity index is 1090. The second kappa shape index (κ2) is 8.49. The van der Waals surface area contributed by atoms with E-state index in [0.717, 1.165) is 29.8 Å². The van der Waals surface area contributed by atoms with E-state index < -0.39 is 0 Å². The minimum absolute atomic E-state index is 0.133. The largest absolute Gasteiger partial charge is 0.322 e. The molecule has 5 nitrogen and oxygen atoms in total. The molecule has 0 atom stereocenters. The number of hydrogen-bond acceptors (Lipinski definition) is 3. The number of nitrogens with one attached hydrogen (secondary N) is 1. The molecule has 3 aromatic rings. The first-order valence-corrected chi connectivity index (χ1v) is 10.3. The fraction of sp³-hybridized carbons (Fsp3) is 0.240. The van der Waals surface area contributed by atoms with Gasteiger partial charge in [0.1, 0.15) is 0 Å². The molecule has 0 fully saturated rings. The maximum absolute atomic E-state index is 13.2. The zero-order chi connectivity index (χ0) is 21.1. The highest BCUT2D eigenvalue weighted by Crippen LogP contribution is 2.28. The Morgan fingerprint density at radius 3 is 2.57 bits per heavy atom. The maximum Gasteiger partial charge on any atom is 0.259 e. The van der Waals surface area contributed by atoms with Gasteiger partial charge in [0.25, 0.3) is 11.8 Å². The van der Waals surface area contributed by atoms with Gasteiger partial charge >= 0.3 is 0 Å². The minimum atomic E-state index is -0.274. The second-order valence-electron chi connectivity index (χ2n) is 7.85. The lowest BCUT2D eigenvalue weighted by atomic mass is 10.0. The van der Waals surface area contributed by atoms with E-state index in [4.69, 9.17) is 0 Å². The van der Waals surface area contributed by atoms with E-state index in [2.05, 4.69) is 30.2 Å². The predicted molar refractivity (Wildman–Crippen MR) is 119 cm³/mol. The third-order valence-corrected chi connectivity index (χ3v) is 5.43. The Morgan fingerprint density at radius 1 is 1.00 bits per heavy atom. The van der Waals surface area contributed by atoms with Crippen molar-refractivity contribution in [3.8, 4) is 0 Å². The third-order valence-electron chi connectivity index (χ3n) is 5.43. The number of rotatable bonds is 4. The van der Waals surface area contributed by atoms with Gasteiger partial charge in [0.2, 0.25) is 0 Å². The molecule has 2 amide bonds. The number of carbonyl (C=O) groups is 2. The summed E-state index contributed by atoms with van der Waals surface area (Å²) >= 11 is 0. The van der Waals surface area contributed by atoms with Crippen molar-refractivity contribution < 1.29 is 9.59 Å². The van der Waals surface area contributed by atoms with Crippen LogP contribution in [0.15, 0.2) is 67.0 Å². The van der Waals surface area contributed by atoms with Crippen molar-refractivity contribution in [2.45, 2.75) is 32.6 Å². The number of carbonyl (C=O) groups excluding carboxylic acids is 2. The Morgan fingerprint density at radius 2 is 1.73 bits per heavy atom. The van der Waals surface area contributed by atoms with Gasteiger partial charge in [-0.3, -0.25) is 14.6 Å². The van der Waals surface area contributed by atoms with Crippen LogP contribution in [0, 0.1) is 0 Å². The van der Waals surface area contributed by atoms with E-state index in [9.17, 15) is 9.59 Å². The number of pyridine rings is 1. The Labute approximate surface area is 176 Å². The molecule has 1 aromatic heterocycles. The fourth-order valence-corrected chi connectivity index (χ4v) is 3.89. The van der Waals surface area contributed by atoms with E-state index >= 15 is 0 Å². The van der Waals surface area contributed by atoms with E-state index in [0.29, 0.717) is 17.7 Å². The number of aryl methyl sites for hydroxylation is 1. The highest BCUT2D eigenvalue weighted by atomic mass is 16.2. The molecule has 0 aliphatic carbocycles. The lowest BCUT2D eigenvalue weighted by molar-refractivity contribution is 0.0984. The normalized spacial score (nSPS) is 13.1. The van der Waals surface area contributed by atoms with Crippen molar-refractivity contribution in [1.29, 1.82) is 0 Å². The third kappa shape index (κ3) is 3.96. The van der Waals surface area contributed by atoms with Gasteiger partial charge in [0.15, 0.2) is 0 Å². The molecule has 0 bridgehead atoms. The molecule has 0 unspecified atom stereocenters. The van der Waals surface area contributed by atoms with Crippen LogP contribution in [0.4, 0.5) is 11.4 Å². The first-order valence-electron chi connectivity index (χ1n) is 10.3. The SMILES string of the molecule is CC(C)c1ccccc1NC(=O)c1cncc(C(=O)N2CCCc3ccccc32)c1. The molecule has 30 heavy (non-hydrogen) atoms. The van der Waals surface area contributed by atoms with Crippen LogP contribution in [0.3, 0.4) is 0 Å². The van der Waals surface area contributed by atoms with Gasteiger partial charge in [-0.1, -0.05) is 50.2 Å². The molecular formula is C25H25N3O2. The van der Waals surface area contributed by atoms with Crippen molar-refractivity contribution in [3.05, 3.63) is 89.2 Å². The summed E-state index contributed by atoms with van der Waals surface area (Å²) in [5.74, 6) is -0.122. The summed E-state index contributed by atoms with van der Waals surface area (Å²) in [6.07, 6.45) is 4.91. The molecule has 1 aliphatic heterocycles. The average Bonchev–Trinajstić information content (AvgIpc) is 2.78. The van der Waals surface area contributed by atoms with Crippen LogP contribution in [0.25, 0.3) is 0 Å². The van der Waals surface area contributed by atoms with Crippen LogP contribution >= 0.6 is 0 Å². The molecule has 1 N–H and O–H groups in total. The van der Waals surface area contributed by atoms with Gasteiger partial charge in [-0.25, -0.2) is 0 Å². The molecule has 4 rings (SSSR count). The van der Waals surface area contributed by atoms with Gasteiger partial charge in [-0.15, -0.1) is 0 Å². The van der Waals surface area contributed by atoms with Gasteiger partial charge < -0.3 is 10.2 Å². The summed E-state index contributed by atoms with van der Waals surface area (Å²) in [6.45, 7) is 4.83. The standard InChI is InChI=1S/C25H25N3O2/c1-17(2)21-10-4-5-11-22(21)27-24(29)19-14-20(16-26-15-19)25(30)28-13-7-9-18-8-3-6-12-23(18)28/h3-6,8,10-12,14-17H,7,9,13H2,1-2H3,(H,27,29). The first-order chi connectivity index (χ1) is 14.5. The molecule has 2 heterocycles. The lowest BCUT2D eigenvalue weighted by Crippen LogP contribution is -2.35. The molecule has 0 radical (unpaired) electrons. The topological polar surface area (TPSA) is 62.3 Å². The molecule has 2 aromatic carbocycles. The number of hydrogen-bond donors (Lipinski definition) is 1. The number of nitrogens with zero attached hydrogens (tertiary/aromatic N) is 2. The molecule has 5 heteroatoms. The number of benzene rings is 2. The smallest absolute Gasteiger partial charge is 0.259 e. The monoisotopic (exact) mass is 399 g/mol. The quantitative estimate of drug-likeness (QED) is 0.668. The molecular weight excluding hydrogens is 374 g/mol. The Hall–Kier alpha value is -3.47. The fourth-order valence-electron chi connectivity index (χ4n) is 3.89. The van der Waals surface area contributed by atoms with Gasteiger partial charge in [-0.05, 0) is 48.1 Å². The van der Waals surface area contributed by atoms with E-state index in [1.165, 1.54) is 18.0 Å². The van der Waals surface area contributed by atoms with Gasteiger partial charge in [0.05, 0.1) is 11.1 Å². The number of aromatic nitrogens is 1. The molecule has 152 valence electrons. The summed E-state index contributed by atoms with van der Waals surface area (Å²) in [7, 11) is 0. The van der Waals surface area contributed by atoms with Crippen molar-refractivity contribution >= 4 is 23.2 Å². The number of fused-ring (bicyclic) bond motifs is 1. The summed E-state index contributed by atoms with van der Waals surface area (Å²) < 4.78 is 0. The summed E-state index contributed by atoms with van der Waals surface area (Å²) in [6, 6.07) is 17.3. The van der Waals surface area contributed by atoms with Crippen LogP contribution in [0.5, 0.6) is 0 Å². The molecule has 0 spiro atoms. The highest BCUT2D eigenvalue weighted by molar-refractivity contribution is 6.09. The van der Waals surface area contributed by atoms with Crippen molar-refractivity contribution in [1.82, 2.24) is 4.98 Å². The van der Waals surface area contributed by atoms with Crippen LogP contribution in [-0.4, -0.2) is 23.3 Å². The zero-order valence-electron chi connectivity index (χ0n) is 17.3. The highest BCUT2D eigenvalue weighted by Gasteiger charge is 2.24. The van der Waals surface area contributed by atoms with Crippen LogP contribution in [0.1, 0.15) is 58.0 Å². The Balaban J connectivity index is 1.58. The van der Waals surface area contributed by atoms with Crippen LogP contribution in [0.2, 0.25) is 0 Å². The van der Waals surface area contributed by atoms with Gasteiger partial charge in [0, 0.05) is 30.3 Å².